The van der Waals surface area contributed by atoms with Gasteiger partial charge in [0.05, 0.1) is 24.9 Å². The number of hydrogen-bond acceptors (Lipinski definition) is 5. The number of thiazole rings is 1. The lowest BCUT2D eigenvalue weighted by atomic mass is 9.93. The minimum absolute atomic E-state index is 0.0476. The molecule has 1 aliphatic heterocycles. The lowest BCUT2D eigenvalue weighted by Gasteiger charge is -2.34. The molecule has 0 atom stereocenters. The Hall–Kier alpha value is -1.92. The number of para-hydroxylation sites is 1. The molecule has 1 aromatic heterocycles. The molecule has 0 unspecified atom stereocenters. The number of carbonyl (C=O) groups excluding carboxylic acids is 1. The van der Waals surface area contributed by atoms with Crippen LogP contribution in [0.25, 0.3) is 0 Å². The zero-order chi connectivity index (χ0) is 18.7. The van der Waals surface area contributed by atoms with Gasteiger partial charge < -0.3 is 9.64 Å². The monoisotopic (exact) mass is 373 g/mol. The van der Waals surface area contributed by atoms with Gasteiger partial charge in [0.1, 0.15) is 10.8 Å². The molecule has 1 aromatic carbocycles. The quantitative estimate of drug-likeness (QED) is 0.824. The summed E-state index contributed by atoms with van der Waals surface area (Å²) in [5, 5.41) is 3.32. The summed E-state index contributed by atoms with van der Waals surface area (Å²) in [7, 11) is 1.60. The Bertz CT molecular complexity index is 758. The van der Waals surface area contributed by atoms with Crippen LogP contribution in [-0.4, -0.2) is 54.0 Å². The first-order chi connectivity index (χ1) is 12.4. The molecule has 1 aliphatic rings. The molecule has 0 saturated carbocycles. The van der Waals surface area contributed by atoms with E-state index in [9.17, 15) is 4.79 Å². The van der Waals surface area contributed by atoms with E-state index in [0.29, 0.717) is 11.3 Å². The number of carbonyl (C=O) groups is 1. The second-order valence-corrected chi connectivity index (χ2v) is 8.59. The third-order valence-corrected chi connectivity index (χ3v) is 5.51. The highest BCUT2D eigenvalue weighted by atomic mass is 32.1. The van der Waals surface area contributed by atoms with Crippen LogP contribution < -0.4 is 4.74 Å². The lowest BCUT2D eigenvalue weighted by molar-refractivity contribution is 0.0625. The van der Waals surface area contributed by atoms with Gasteiger partial charge in [-0.05, 0) is 12.1 Å². The molecule has 0 N–H and O–H groups in total. The molecule has 2 aromatic rings. The smallest absolute Gasteiger partial charge is 0.257 e. The number of methoxy groups -OCH3 is 1. The fraction of sp³-hybridized carbons (Fsp3) is 0.500. The van der Waals surface area contributed by atoms with E-state index in [2.05, 4.69) is 31.1 Å². The first-order valence-corrected chi connectivity index (χ1v) is 9.86. The fourth-order valence-electron chi connectivity index (χ4n) is 3.02. The Morgan fingerprint density at radius 1 is 1.19 bits per heavy atom. The number of aromatic nitrogens is 1. The molecule has 0 bridgehead atoms. The number of rotatable bonds is 4. The van der Waals surface area contributed by atoms with E-state index in [1.807, 2.05) is 29.2 Å². The van der Waals surface area contributed by atoms with Crippen molar-refractivity contribution >= 4 is 17.2 Å². The second-order valence-electron chi connectivity index (χ2n) is 7.65. The van der Waals surface area contributed by atoms with Gasteiger partial charge in [-0.25, -0.2) is 4.98 Å². The largest absolute Gasteiger partial charge is 0.496 e. The molecule has 140 valence electrons. The third kappa shape index (κ3) is 4.24. The minimum atomic E-state index is 0.0476. The predicted molar refractivity (Wildman–Crippen MR) is 105 cm³/mol. The molecular formula is C20H27N3O2S. The van der Waals surface area contributed by atoms with Gasteiger partial charge in [0.25, 0.3) is 5.91 Å². The number of benzene rings is 1. The molecule has 1 fully saturated rings. The maximum absolute atomic E-state index is 12.8. The van der Waals surface area contributed by atoms with Crippen LogP contribution in [0.3, 0.4) is 0 Å². The van der Waals surface area contributed by atoms with E-state index >= 15 is 0 Å². The van der Waals surface area contributed by atoms with Gasteiger partial charge in [0.15, 0.2) is 0 Å². The van der Waals surface area contributed by atoms with Crippen molar-refractivity contribution in [1.29, 1.82) is 0 Å². The number of nitrogens with zero attached hydrogens (tertiary/aromatic N) is 3. The number of amides is 1. The van der Waals surface area contributed by atoms with E-state index in [4.69, 9.17) is 9.72 Å². The normalized spacial score (nSPS) is 15.9. The van der Waals surface area contributed by atoms with Crippen molar-refractivity contribution in [1.82, 2.24) is 14.8 Å². The lowest BCUT2D eigenvalue weighted by Crippen LogP contribution is -2.48. The molecule has 26 heavy (non-hydrogen) atoms. The summed E-state index contributed by atoms with van der Waals surface area (Å²) >= 11 is 1.73. The highest BCUT2D eigenvalue weighted by molar-refractivity contribution is 7.09. The van der Waals surface area contributed by atoms with E-state index in [1.54, 1.807) is 18.4 Å². The SMILES string of the molecule is COc1ccccc1C(=O)N1CCN(Cc2nc(C(C)(C)C)cs2)CC1. The minimum Gasteiger partial charge on any atom is -0.496 e. The van der Waals surface area contributed by atoms with Crippen molar-refractivity contribution in [2.75, 3.05) is 33.3 Å². The molecule has 1 saturated heterocycles. The van der Waals surface area contributed by atoms with Gasteiger partial charge in [-0.2, -0.15) is 0 Å². The molecule has 0 aliphatic carbocycles. The zero-order valence-electron chi connectivity index (χ0n) is 16.0. The maximum atomic E-state index is 12.8. The van der Waals surface area contributed by atoms with E-state index in [-0.39, 0.29) is 11.3 Å². The summed E-state index contributed by atoms with van der Waals surface area (Å²) in [5.74, 6) is 0.684. The number of hydrogen-bond donors (Lipinski definition) is 0. The van der Waals surface area contributed by atoms with Crippen molar-refractivity contribution in [2.45, 2.75) is 32.7 Å². The molecule has 5 nitrogen and oxygen atoms in total. The molecule has 1 amide bonds. The van der Waals surface area contributed by atoms with Crippen molar-refractivity contribution in [3.63, 3.8) is 0 Å². The highest BCUT2D eigenvalue weighted by Crippen LogP contribution is 2.25. The van der Waals surface area contributed by atoms with Crippen LogP contribution in [0.1, 0.15) is 41.8 Å². The van der Waals surface area contributed by atoms with Crippen molar-refractivity contribution in [2.24, 2.45) is 0 Å². The van der Waals surface area contributed by atoms with Gasteiger partial charge in [0.2, 0.25) is 0 Å². The van der Waals surface area contributed by atoms with Crippen LogP contribution >= 0.6 is 11.3 Å². The van der Waals surface area contributed by atoms with Crippen molar-refractivity contribution in [3.8, 4) is 5.75 Å². The fourth-order valence-corrected chi connectivity index (χ4v) is 4.08. The standard InChI is InChI=1S/C20H27N3O2S/c1-20(2,3)17-14-26-18(21-17)13-22-9-11-23(12-10-22)19(24)15-7-5-6-8-16(15)25-4/h5-8,14H,9-13H2,1-4H3. The summed E-state index contributed by atoms with van der Waals surface area (Å²) in [4.78, 5) is 21.8. The average molecular weight is 374 g/mol. The highest BCUT2D eigenvalue weighted by Gasteiger charge is 2.25. The molecular weight excluding hydrogens is 346 g/mol. The third-order valence-electron chi connectivity index (χ3n) is 4.68. The van der Waals surface area contributed by atoms with E-state index in [0.717, 1.165) is 43.4 Å². The van der Waals surface area contributed by atoms with Gasteiger partial charge in [0, 0.05) is 37.0 Å². The Labute approximate surface area is 159 Å². The summed E-state index contributed by atoms with van der Waals surface area (Å²) in [6.07, 6.45) is 0. The predicted octanol–water partition coefficient (Wildman–Crippen LogP) is 3.41. The first-order valence-electron chi connectivity index (χ1n) is 8.98. The van der Waals surface area contributed by atoms with Crippen LogP contribution in [0.5, 0.6) is 5.75 Å². The Morgan fingerprint density at radius 3 is 2.50 bits per heavy atom. The molecule has 3 rings (SSSR count). The molecule has 6 heteroatoms. The second kappa shape index (κ2) is 7.76. The van der Waals surface area contributed by atoms with Crippen LogP contribution in [0.15, 0.2) is 29.6 Å². The van der Waals surface area contributed by atoms with Gasteiger partial charge in [-0.15, -0.1) is 11.3 Å². The molecule has 0 radical (unpaired) electrons. The zero-order valence-corrected chi connectivity index (χ0v) is 16.8. The van der Waals surface area contributed by atoms with E-state index in [1.165, 1.54) is 0 Å². The summed E-state index contributed by atoms with van der Waals surface area (Å²) in [6.45, 7) is 10.6. The topological polar surface area (TPSA) is 45.7 Å². The first kappa shape index (κ1) is 18.9. The summed E-state index contributed by atoms with van der Waals surface area (Å²) in [6, 6.07) is 7.42. The Balaban J connectivity index is 1.57. The molecule has 2 heterocycles. The van der Waals surface area contributed by atoms with E-state index < -0.39 is 0 Å². The maximum Gasteiger partial charge on any atom is 0.257 e. The van der Waals surface area contributed by atoms with Crippen LogP contribution in [0, 0.1) is 0 Å². The van der Waals surface area contributed by atoms with Gasteiger partial charge in [-0.1, -0.05) is 32.9 Å². The van der Waals surface area contributed by atoms with Gasteiger partial charge in [-0.3, -0.25) is 9.69 Å². The van der Waals surface area contributed by atoms with Gasteiger partial charge >= 0.3 is 0 Å². The van der Waals surface area contributed by atoms with Crippen molar-refractivity contribution in [3.05, 3.63) is 45.9 Å². The van der Waals surface area contributed by atoms with Crippen LogP contribution in [0.2, 0.25) is 0 Å². The Kier molecular flexibility index (Phi) is 5.63. The number of ether oxygens (including phenoxy) is 1. The average Bonchev–Trinajstić information content (AvgIpc) is 3.10. The van der Waals surface area contributed by atoms with Crippen LogP contribution in [-0.2, 0) is 12.0 Å². The summed E-state index contributed by atoms with van der Waals surface area (Å²) < 4.78 is 5.32. The molecule has 0 spiro atoms. The summed E-state index contributed by atoms with van der Waals surface area (Å²) in [5.41, 5.74) is 1.88. The van der Waals surface area contributed by atoms with Crippen LogP contribution in [0.4, 0.5) is 0 Å². The van der Waals surface area contributed by atoms with Crippen molar-refractivity contribution < 1.29 is 9.53 Å². The Morgan fingerprint density at radius 2 is 1.88 bits per heavy atom. The number of piperazine rings is 1.